The fourth-order valence-electron chi connectivity index (χ4n) is 2.14. The molecule has 0 fully saturated rings. The van der Waals surface area contributed by atoms with Gasteiger partial charge in [0.15, 0.2) is 5.17 Å². The molecule has 18 heavy (non-hydrogen) atoms. The molecular formula is C15H22N2S. The largest absolute Gasteiger partial charge is 0.335 e. The number of aryl methyl sites for hydroxylation is 1. The minimum absolute atomic E-state index is 0.492. The highest BCUT2D eigenvalue weighted by molar-refractivity contribution is 8.14. The van der Waals surface area contributed by atoms with Crippen LogP contribution < -0.4 is 5.32 Å². The van der Waals surface area contributed by atoms with Crippen LogP contribution in [0.15, 0.2) is 29.3 Å². The fourth-order valence-corrected chi connectivity index (χ4v) is 3.12. The number of aliphatic imine (C=N–C) groups is 1. The number of rotatable bonds is 4. The molecule has 98 valence electrons. The van der Waals surface area contributed by atoms with Crippen molar-refractivity contribution in [3.63, 3.8) is 0 Å². The first-order valence-electron chi connectivity index (χ1n) is 6.74. The zero-order valence-electron chi connectivity index (χ0n) is 11.4. The van der Waals surface area contributed by atoms with Crippen molar-refractivity contribution < 1.29 is 0 Å². The van der Waals surface area contributed by atoms with Crippen LogP contribution in [0.4, 0.5) is 5.69 Å². The third-order valence-electron chi connectivity index (χ3n) is 3.04. The molecule has 0 aliphatic carbocycles. The molecule has 3 heteroatoms. The topological polar surface area (TPSA) is 24.4 Å². The lowest BCUT2D eigenvalue weighted by atomic mass is 10.1. The molecule has 1 heterocycles. The highest BCUT2D eigenvalue weighted by Crippen LogP contribution is 2.24. The summed E-state index contributed by atoms with van der Waals surface area (Å²) in [6.07, 6.45) is 2.26. The summed E-state index contributed by atoms with van der Waals surface area (Å²) in [7, 11) is 0. The molecule has 1 unspecified atom stereocenters. The van der Waals surface area contributed by atoms with Crippen LogP contribution in [0.2, 0.25) is 0 Å². The molecule has 1 atom stereocenters. The normalized spacial score (nSPS) is 19.1. The highest BCUT2D eigenvalue weighted by Gasteiger charge is 2.19. The Morgan fingerprint density at radius 3 is 3.00 bits per heavy atom. The van der Waals surface area contributed by atoms with Crippen LogP contribution in [0.1, 0.15) is 32.8 Å². The van der Waals surface area contributed by atoms with Gasteiger partial charge >= 0.3 is 0 Å². The van der Waals surface area contributed by atoms with Gasteiger partial charge in [0.2, 0.25) is 0 Å². The SMILES string of the molecule is CCc1cccc(NC2=NC(CC(C)C)CS2)c1. The number of benzene rings is 1. The summed E-state index contributed by atoms with van der Waals surface area (Å²) in [6, 6.07) is 9.08. The summed E-state index contributed by atoms with van der Waals surface area (Å²) in [5.41, 5.74) is 2.52. The van der Waals surface area contributed by atoms with Gasteiger partial charge in [-0.15, -0.1) is 0 Å². The average Bonchev–Trinajstić information content (AvgIpc) is 2.76. The Kier molecular flexibility index (Phi) is 4.70. The average molecular weight is 262 g/mol. The van der Waals surface area contributed by atoms with E-state index in [0.29, 0.717) is 6.04 Å². The van der Waals surface area contributed by atoms with Gasteiger partial charge in [-0.05, 0) is 36.5 Å². The summed E-state index contributed by atoms with van der Waals surface area (Å²) in [6.45, 7) is 6.70. The number of thioether (sulfide) groups is 1. The Labute approximate surface area is 114 Å². The Morgan fingerprint density at radius 2 is 2.28 bits per heavy atom. The molecular weight excluding hydrogens is 240 g/mol. The van der Waals surface area contributed by atoms with Crippen LogP contribution in [0.25, 0.3) is 0 Å². The summed E-state index contributed by atoms with van der Waals surface area (Å²) in [5.74, 6) is 1.84. The highest BCUT2D eigenvalue weighted by atomic mass is 32.2. The maximum Gasteiger partial charge on any atom is 0.161 e. The zero-order chi connectivity index (χ0) is 13.0. The van der Waals surface area contributed by atoms with Crippen molar-refractivity contribution in [2.75, 3.05) is 11.1 Å². The molecule has 0 aromatic heterocycles. The van der Waals surface area contributed by atoms with Crippen molar-refractivity contribution in [1.82, 2.24) is 0 Å². The molecule has 1 aromatic rings. The maximum atomic E-state index is 4.75. The molecule has 0 amide bonds. The van der Waals surface area contributed by atoms with Crippen molar-refractivity contribution in [2.45, 2.75) is 39.7 Å². The van der Waals surface area contributed by atoms with Gasteiger partial charge in [-0.25, -0.2) is 0 Å². The van der Waals surface area contributed by atoms with E-state index in [2.05, 4.69) is 50.4 Å². The third-order valence-corrected chi connectivity index (χ3v) is 4.07. The van der Waals surface area contributed by atoms with Crippen molar-refractivity contribution in [3.05, 3.63) is 29.8 Å². The lowest BCUT2D eigenvalue weighted by Gasteiger charge is -2.07. The Balaban J connectivity index is 1.97. The van der Waals surface area contributed by atoms with Crippen LogP contribution in [0.3, 0.4) is 0 Å². The van der Waals surface area contributed by atoms with E-state index in [1.807, 2.05) is 11.8 Å². The molecule has 1 N–H and O–H groups in total. The molecule has 1 aromatic carbocycles. The quantitative estimate of drug-likeness (QED) is 0.880. The van der Waals surface area contributed by atoms with Gasteiger partial charge in [0.25, 0.3) is 0 Å². The fraction of sp³-hybridized carbons (Fsp3) is 0.533. The lowest BCUT2D eigenvalue weighted by Crippen LogP contribution is -2.08. The first-order valence-corrected chi connectivity index (χ1v) is 7.72. The van der Waals surface area contributed by atoms with Gasteiger partial charge in [0, 0.05) is 11.4 Å². The molecule has 1 aliphatic rings. The second-order valence-corrected chi connectivity index (χ2v) is 6.22. The van der Waals surface area contributed by atoms with E-state index in [1.165, 1.54) is 12.0 Å². The number of nitrogens with zero attached hydrogens (tertiary/aromatic N) is 1. The van der Waals surface area contributed by atoms with Gasteiger partial charge in [0.1, 0.15) is 0 Å². The third kappa shape index (κ3) is 3.77. The van der Waals surface area contributed by atoms with E-state index in [9.17, 15) is 0 Å². The monoisotopic (exact) mass is 262 g/mol. The Hall–Kier alpha value is -0.960. The predicted molar refractivity (Wildman–Crippen MR) is 82.6 cm³/mol. The van der Waals surface area contributed by atoms with Crippen LogP contribution in [0.5, 0.6) is 0 Å². The van der Waals surface area contributed by atoms with Crippen LogP contribution >= 0.6 is 11.8 Å². The molecule has 0 saturated carbocycles. The first-order chi connectivity index (χ1) is 8.67. The van der Waals surface area contributed by atoms with Crippen LogP contribution in [0, 0.1) is 5.92 Å². The van der Waals surface area contributed by atoms with E-state index >= 15 is 0 Å². The molecule has 0 radical (unpaired) electrons. The first kappa shape index (κ1) is 13.5. The minimum atomic E-state index is 0.492. The zero-order valence-corrected chi connectivity index (χ0v) is 12.3. The lowest BCUT2D eigenvalue weighted by molar-refractivity contribution is 0.529. The molecule has 0 saturated heterocycles. The van der Waals surface area contributed by atoms with E-state index < -0.39 is 0 Å². The number of hydrogen-bond donors (Lipinski definition) is 1. The standard InChI is InChI=1S/C15H22N2S/c1-4-12-6-5-7-13(9-12)16-15-17-14(10-18-15)8-11(2)3/h5-7,9,11,14H,4,8,10H2,1-3H3,(H,16,17). The predicted octanol–water partition coefficient (Wildman–Crippen LogP) is 4.18. The van der Waals surface area contributed by atoms with Gasteiger partial charge in [-0.2, -0.15) is 0 Å². The van der Waals surface area contributed by atoms with Crippen LogP contribution in [-0.2, 0) is 6.42 Å². The van der Waals surface area contributed by atoms with E-state index in [0.717, 1.165) is 28.9 Å². The summed E-state index contributed by atoms with van der Waals surface area (Å²) >= 11 is 1.84. The second-order valence-electron chi connectivity index (χ2n) is 5.21. The maximum absolute atomic E-state index is 4.75. The van der Waals surface area contributed by atoms with Gasteiger partial charge in [-0.3, -0.25) is 4.99 Å². The Bertz CT molecular complexity index is 426. The number of hydrogen-bond acceptors (Lipinski definition) is 3. The number of amidine groups is 1. The molecule has 2 nitrogen and oxygen atoms in total. The minimum Gasteiger partial charge on any atom is -0.335 e. The van der Waals surface area contributed by atoms with Gasteiger partial charge in [-0.1, -0.05) is 44.7 Å². The van der Waals surface area contributed by atoms with Gasteiger partial charge < -0.3 is 5.32 Å². The van der Waals surface area contributed by atoms with Crippen molar-refractivity contribution in [2.24, 2.45) is 10.9 Å². The summed E-state index contributed by atoms with van der Waals surface area (Å²) in [4.78, 5) is 4.75. The summed E-state index contributed by atoms with van der Waals surface area (Å²) < 4.78 is 0. The molecule has 1 aliphatic heterocycles. The van der Waals surface area contributed by atoms with E-state index in [-0.39, 0.29) is 0 Å². The molecule has 0 bridgehead atoms. The number of anilines is 1. The summed E-state index contributed by atoms with van der Waals surface area (Å²) in [5, 5.41) is 4.51. The van der Waals surface area contributed by atoms with Crippen molar-refractivity contribution in [3.8, 4) is 0 Å². The smallest absolute Gasteiger partial charge is 0.161 e. The number of nitrogens with one attached hydrogen (secondary N) is 1. The van der Waals surface area contributed by atoms with E-state index in [4.69, 9.17) is 4.99 Å². The van der Waals surface area contributed by atoms with Crippen molar-refractivity contribution in [1.29, 1.82) is 0 Å². The van der Waals surface area contributed by atoms with Gasteiger partial charge in [0.05, 0.1) is 6.04 Å². The molecule has 0 spiro atoms. The van der Waals surface area contributed by atoms with Crippen molar-refractivity contribution >= 4 is 22.6 Å². The molecule has 2 rings (SSSR count). The second kappa shape index (κ2) is 6.28. The van der Waals surface area contributed by atoms with Crippen LogP contribution in [-0.4, -0.2) is 17.0 Å². The Morgan fingerprint density at radius 1 is 1.44 bits per heavy atom. The van der Waals surface area contributed by atoms with E-state index in [1.54, 1.807) is 0 Å².